The third kappa shape index (κ3) is 5.55. The van der Waals surface area contributed by atoms with E-state index in [1.165, 1.54) is 6.20 Å². The summed E-state index contributed by atoms with van der Waals surface area (Å²) in [6, 6.07) is 6.56. The normalized spacial score (nSPS) is 14.4. The molecule has 0 saturated heterocycles. The Morgan fingerprint density at radius 1 is 1.25 bits per heavy atom. The van der Waals surface area contributed by atoms with Gasteiger partial charge in [0.1, 0.15) is 5.82 Å². The van der Waals surface area contributed by atoms with E-state index in [9.17, 15) is 14.7 Å². The molecule has 168 valence electrons. The Labute approximate surface area is 192 Å². The van der Waals surface area contributed by atoms with Crippen molar-refractivity contribution >= 4 is 34.9 Å². The number of rotatable bonds is 6. The van der Waals surface area contributed by atoms with Crippen molar-refractivity contribution in [3.05, 3.63) is 64.3 Å². The van der Waals surface area contributed by atoms with Crippen molar-refractivity contribution in [1.82, 2.24) is 10.3 Å². The number of hydrogen-bond donors (Lipinski definition) is 4. The zero-order valence-electron chi connectivity index (χ0n) is 18.3. The van der Waals surface area contributed by atoms with Crippen molar-refractivity contribution in [2.24, 2.45) is 0 Å². The van der Waals surface area contributed by atoms with Crippen LogP contribution in [0.5, 0.6) is 0 Å². The molecule has 1 aromatic heterocycles. The molecule has 2 amide bonds. The molecular formula is C24H27ClN4O3. The second kappa shape index (κ2) is 9.97. The fraction of sp³-hybridized carbons (Fsp3) is 0.292. The van der Waals surface area contributed by atoms with Gasteiger partial charge < -0.3 is 21.5 Å². The minimum atomic E-state index is -1.26. The highest BCUT2D eigenvalue weighted by molar-refractivity contribution is 6.33. The third-order valence-electron chi connectivity index (χ3n) is 5.03. The average molecular weight is 455 g/mol. The van der Waals surface area contributed by atoms with Gasteiger partial charge in [-0.3, -0.25) is 9.59 Å². The molecule has 7 nitrogen and oxygen atoms in total. The minimum Gasteiger partial charge on any atom is -0.383 e. The van der Waals surface area contributed by atoms with Gasteiger partial charge >= 0.3 is 0 Å². The van der Waals surface area contributed by atoms with Gasteiger partial charge in [0.05, 0.1) is 10.6 Å². The highest BCUT2D eigenvalue weighted by Crippen LogP contribution is 2.31. The highest BCUT2D eigenvalue weighted by Gasteiger charge is 2.21. The van der Waals surface area contributed by atoms with Crippen LogP contribution < -0.4 is 16.4 Å². The number of nitrogens with one attached hydrogen (secondary N) is 2. The van der Waals surface area contributed by atoms with E-state index in [0.717, 1.165) is 18.4 Å². The second-order valence-corrected chi connectivity index (χ2v) is 8.51. The fourth-order valence-corrected chi connectivity index (χ4v) is 3.70. The van der Waals surface area contributed by atoms with Gasteiger partial charge in [-0.05, 0) is 57.4 Å². The van der Waals surface area contributed by atoms with Gasteiger partial charge in [-0.15, -0.1) is 0 Å². The standard InChI is InChI=1S/C24H27ClN4O3/c1-13(2)28-23(31)19-10-16(12-27-22(19)26)18-8-7-17(11-20(18)25)29-24(32)21(30)15-6-4-5-14(3)9-15/h6-13,21,30H,4-5H2,1-3H3,(H2,26,27)(H,28,31)(H,29,32). The SMILES string of the molecule is CC1=CC(C(O)C(=O)Nc2ccc(-c3cnc(N)c(C(=O)NC(C)C)c3)c(Cl)c2)=CCC1. The van der Waals surface area contributed by atoms with Crippen LogP contribution >= 0.6 is 11.6 Å². The number of allylic oxidation sites excluding steroid dienone is 2. The van der Waals surface area contributed by atoms with E-state index in [1.807, 2.05) is 32.9 Å². The maximum atomic E-state index is 12.5. The first kappa shape index (κ1) is 23.5. The van der Waals surface area contributed by atoms with Crippen LogP contribution in [0.15, 0.2) is 53.8 Å². The number of aliphatic hydroxyl groups excluding tert-OH is 1. The predicted molar refractivity (Wildman–Crippen MR) is 127 cm³/mol. The number of carbonyl (C=O) groups excluding carboxylic acids is 2. The highest BCUT2D eigenvalue weighted by atomic mass is 35.5. The number of hydrogen-bond acceptors (Lipinski definition) is 5. The Morgan fingerprint density at radius 2 is 2.00 bits per heavy atom. The topological polar surface area (TPSA) is 117 Å². The average Bonchev–Trinajstić information content (AvgIpc) is 2.73. The van der Waals surface area contributed by atoms with Crippen LogP contribution in [0.4, 0.5) is 11.5 Å². The Balaban J connectivity index is 1.79. The second-order valence-electron chi connectivity index (χ2n) is 8.10. The van der Waals surface area contributed by atoms with Crippen molar-refractivity contribution in [1.29, 1.82) is 0 Å². The van der Waals surface area contributed by atoms with Crippen LogP contribution in [0.1, 0.15) is 44.0 Å². The molecule has 3 rings (SSSR count). The van der Waals surface area contributed by atoms with Gasteiger partial charge in [0, 0.05) is 29.1 Å². The summed E-state index contributed by atoms with van der Waals surface area (Å²) >= 11 is 6.46. The summed E-state index contributed by atoms with van der Waals surface area (Å²) in [4.78, 5) is 29.0. The van der Waals surface area contributed by atoms with Crippen LogP contribution in [0.2, 0.25) is 5.02 Å². The van der Waals surface area contributed by atoms with E-state index < -0.39 is 12.0 Å². The largest absolute Gasteiger partial charge is 0.383 e. The number of benzene rings is 1. The molecule has 1 aliphatic rings. The molecule has 1 aliphatic carbocycles. The molecule has 2 aromatic rings. The van der Waals surface area contributed by atoms with Gasteiger partial charge in [-0.1, -0.05) is 35.4 Å². The first-order valence-electron chi connectivity index (χ1n) is 10.4. The number of amides is 2. The lowest BCUT2D eigenvalue weighted by Gasteiger charge is -2.17. The van der Waals surface area contributed by atoms with Crippen LogP contribution in [0, 0.1) is 0 Å². The lowest BCUT2D eigenvalue weighted by Crippen LogP contribution is -2.30. The molecule has 0 saturated carbocycles. The monoisotopic (exact) mass is 454 g/mol. The Morgan fingerprint density at radius 3 is 2.66 bits per heavy atom. The van der Waals surface area contributed by atoms with E-state index in [2.05, 4.69) is 15.6 Å². The zero-order chi connectivity index (χ0) is 23.4. The summed E-state index contributed by atoms with van der Waals surface area (Å²) < 4.78 is 0. The lowest BCUT2D eigenvalue weighted by molar-refractivity contribution is -0.122. The molecule has 0 bridgehead atoms. The van der Waals surface area contributed by atoms with Crippen LogP contribution in [0.3, 0.4) is 0 Å². The van der Waals surface area contributed by atoms with E-state index in [0.29, 0.717) is 27.4 Å². The summed E-state index contributed by atoms with van der Waals surface area (Å²) in [5.74, 6) is -0.725. The molecular weight excluding hydrogens is 428 g/mol. The number of anilines is 2. The first-order chi connectivity index (χ1) is 15.2. The third-order valence-corrected chi connectivity index (χ3v) is 5.34. The van der Waals surface area contributed by atoms with Crippen molar-refractivity contribution in [3.8, 4) is 11.1 Å². The Hall–Kier alpha value is -3.16. The van der Waals surface area contributed by atoms with Gasteiger partial charge in [0.25, 0.3) is 11.8 Å². The number of halogens is 1. The minimum absolute atomic E-state index is 0.0452. The van der Waals surface area contributed by atoms with Gasteiger partial charge in [0.2, 0.25) is 0 Å². The molecule has 0 fully saturated rings. The number of nitrogens with zero attached hydrogens (tertiary/aromatic N) is 1. The molecule has 1 aromatic carbocycles. The summed E-state index contributed by atoms with van der Waals surface area (Å²) in [7, 11) is 0. The lowest BCUT2D eigenvalue weighted by atomic mass is 9.96. The van der Waals surface area contributed by atoms with Gasteiger partial charge in [-0.25, -0.2) is 4.98 Å². The molecule has 1 heterocycles. The predicted octanol–water partition coefficient (Wildman–Crippen LogP) is 4.09. The molecule has 8 heteroatoms. The molecule has 0 radical (unpaired) electrons. The van der Waals surface area contributed by atoms with Gasteiger partial charge in [0.15, 0.2) is 6.10 Å². The van der Waals surface area contributed by atoms with Gasteiger partial charge in [-0.2, -0.15) is 0 Å². The zero-order valence-corrected chi connectivity index (χ0v) is 19.0. The van der Waals surface area contributed by atoms with E-state index in [-0.39, 0.29) is 23.3 Å². The number of carbonyl (C=O) groups is 2. The molecule has 1 unspecified atom stereocenters. The summed E-state index contributed by atoms with van der Waals surface area (Å²) in [6.07, 6.45) is 5.71. The molecule has 0 spiro atoms. The fourth-order valence-electron chi connectivity index (χ4n) is 3.41. The maximum absolute atomic E-state index is 12.5. The maximum Gasteiger partial charge on any atom is 0.257 e. The Kier molecular flexibility index (Phi) is 7.33. The summed E-state index contributed by atoms with van der Waals surface area (Å²) in [5, 5.41) is 16.2. The van der Waals surface area contributed by atoms with E-state index in [4.69, 9.17) is 17.3 Å². The summed E-state index contributed by atoms with van der Waals surface area (Å²) in [5.41, 5.74) is 9.54. The van der Waals surface area contributed by atoms with Crippen LogP contribution in [-0.4, -0.2) is 34.1 Å². The quantitative estimate of drug-likeness (QED) is 0.524. The number of pyridine rings is 1. The Bertz CT molecular complexity index is 1110. The number of nitrogen functional groups attached to an aromatic ring is 1. The number of nitrogens with two attached hydrogens (primary N) is 1. The van der Waals surface area contributed by atoms with E-state index in [1.54, 1.807) is 24.3 Å². The number of aromatic nitrogens is 1. The van der Waals surface area contributed by atoms with Crippen molar-refractivity contribution in [2.45, 2.75) is 45.8 Å². The number of aliphatic hydroxyl groups is 1. The molecule has 1 atom stereocenters. The first-order valence-corrected chi connectivity index (χ1v) is 10.8. The van der Waals surface area contributed by atoms with E-state index >= 15 is 0 Å². The molecule has 32 heavy (non-hydrogen) atoms. The van der Waals surface area contributed by atoms with Crippen molar-refractivity contribution in [3.63, 3.8) is 0 Å². The van der Waals surface area contributed by atoms with Crippen LogP contribution in [-0.2, 0) is 4.79 Å². The van der Waals surface area contributed by atoms with Crippen molar-refractivity contribution < 1.29 is 14.7 Å². The molecule has 5 N–H and O–H groups in total. The smallest absolute Gasteiger partial charge is 0.257 e. The van der Waals surface area contributed by atoms with Crippen LogP contribution in [0.25, 0.3) is 11.1 Å². The molecule has 0 aliphatic heterocycles. The van der Waals surface area contributed by atoms with Crippen molar-refractivity contribution in [2.75, 3.05) is 11.1 Å². The summed E-state index contributed by atoms with van der Waals surface area (Å²) in [6.45, 7) is 5.68.